The van der Waals surface area contributed by atoms with Crippen molar-refractivity contribution in [1.29, 1.82) is 0 Å². The Morgan fingerprint density at radius 2 is 1.50 bits per heavy atom. The highest BCUT2D eigenvalue weighted by atomic mass is 16.6. The average molecular weight is 998 g/mol. The first-order chi connectivity index (χ1) is 36.1. The molecule has 376 valence electrons. The van der Waals surface area contributed by atoms with Crippen LogP contribution < -0.4 is 19.9 Å². The first-order valence-electron chi connectivity index (χ1n) is 24.3. The molecule has 0 saturated carbocycles. The van der Waals surface area contributed by atoms with Crippen LogP contribution in [0.2, 0.25) is 0 Å². The number of para-hydroxylation sites is 1. The Morgan fingerprint density at radius 1 is 0.811 bits per heavy atom. The van der Waals surface area contributed by atoms with Crippen LogP contribution >= 0.6 is 0 Å². The lowest BCUT2D eigenvalue weighted by Gasteiger charge is -2.46. The van der Waals surface area contributed by atoms with E-state index < -0.39 is 71.0 Å². The number of carbonyl (C=O) groups is 4. The van der Waals surface area contributed by atoms with Crippen LogP contribution in [-0.2, 0) is 40.6 Å². The average Bonchev–Trinajstić information content (AvgIpc) is 3.92. The summed E-state index contributed by atoms with van der Waals surface area (Å²) in [5.41, 5.74) is 1.54. The van der Waals surface area contributed by atoms with E-state index in [1.54, 1.807) is 54.6 Å². The predicted octanol–water partition coefficient (Wildman–Crippen LogP) is 7.18. The fourth-order valence-corrected chi connectivity index (χ4v) is 10.9. The standard InChI is InChI=1S/C57H51N5O12/c63-30-10-9-11-37-20-27-46-45(35-37)57(55(67)60(46)56(68)73-36-38-18-23-43(24-19-38)62(69)70)48(53(65)58-41-21-25-42(26-22-41)59-28-32-71-33-29-59)50-54(66)74-51(40-14-5-2-6-15-40)49(39-12-3-1-4-13-39)61(50)52(57)44-16-7-8-17-47(44)72-34-31-64/h1-8,12-27,35,48-52,63-64H,10,28-34,36H2,(H,58,65). The lowest BCUT2D eigenvalue weighted by Crippen LogP contribution is -2.54. The van der Waals surface area contributed by atoms with Gasteiger partial charge in [0.1, 0.15) is 36.5 Å². The molecule has 4 heterocycles. The molecule has 6 aromatic carbocycles. The molecule has 17 heteroatoms. The van der Waals surface area contributed by atoms with E-state index in [4.69, 9.17) is 18.9 Å². The summed E-state index contributed by atoms with van der Waals surface area (Å²) in [5.74, 6) is 2.12. The van der Waals surface area contributed by atoms with Crippen LogP contribution in [0.5, 0.6) is 5.75 Å². The van der Waals surface area contributed by atoms with Gasteiger partial charge in [0.05, 0.1) is 55.0 Å². The van der Waals surface area contributed by atoms with Gasteiger partial charge in [-0.1, -0.05) is 90.7 Å². The summed E-state index contributed by atoms with van der Waals surface area (Å²) < 4.78 is 24.4. The third kappa shape index (κ3) is 9.09. The van der Waals surface area contributed by atoms with Gasteiger partial charge < -0.3 is 39.4 Å². The number of aliphatic hydroxyl groups is 2. The van der Waals surface area contributed by atoms with E-state index in [1.807, 2.05) is 77.7 Å². The fourth-order valence-electron chi connectivity index (χ4n) is 10.9. The van der Waals surface area contributed by atoms with E-state index in [2.05, 4.69) is 22.1 Å². The number of rotatable bonds is 13. The maximum Gasteiger partial charge on any atom is 0.421 e. The number of nitrogens with one attached hydrogen (secondary N) is 1. The summed E-state index contributed by atoms with van der Waals surface area (Å²) in [5, 5.41) is 34.4. The van der Waals surface area contributed by atoms with Gasteiger partial charge in [0.15, 0.2) is 0 Å². The number of nitro groups is 1. The monoisotopic (exact) mass is 997 g/mol. The Kier molecular flexibility index (Phi) is 14.2. The number of hydrogen-bond donors (Lipinski definition) is 3. The number of aliphatic hydroxyl groups excluding tert-OH is 2. The first kappa shape index (κ1) is 49.2. The fraction of sp³-hybridized carbons (Fsp3) is 0.263. The Hall–Kier alpha value is -8.40. The van der Waals surface area contributed by atoms with Crippen molar-refractivity contribution >= 4 is 46.6 Å². The minimum Gasteiger partial charge on any atom is -0.491 e. The molecule has 17 nitrogen and oxygen atoms in total. The molecular formula is C57H51N5O12. The molecule has 74 heavy (non-hydrogen) atoms. The smallest absolute Gasteiger partial charge is 0.421 e. The molecule has 3 N–H and O–H groups in total. The molecule has 0 radical (unpaired) electrons. The molecule has 0 aromatic heterocycles. The third-order valence-electron chi connectivity index (χ3n) is 14.0. The summed E-state index contributed by atoms with van der Waals surface area (Å²) in [6.07, 6.45) is -2.01. The van der Waals surface area contributed by atoms with E-state index in [9.17, 15) is 25.1 Å². The Labute approximate surface area is 426 Å². The molecule has 4 aliphatic rings. The van der Waals surface area contributed by atoms with Crippen LogP contribution in [0.1, 0.15) is 58.0 Å². The van der Waals surface area contributed by atoms with Crippen LogP contribution in [0.4, 0.5) is 27.5 Å². The van der Waals surface area contributed by atoms with Gasteiger partial charge in [-0.3, -0.25) is 29.4 Å². The van der Waals surface area contributed by atoms with Gasteiger partial charge in [-0.15, -0.1) is 0 Å². The molecule has 0 aliphatic carbocycles. The normalized spacial score (nSPS) is 22.0. The number of hydrogen-bond acceptors (Lipinski definition) is 14. The number of ether oxygens (including phenoxy) is 4. The number of anilines is 3. The van der Waals surface area contributed by atoms with Crippen molar-refractivity contribution in [2.45, 2.75) is 42.7 Å². The largest absolute Gasteiger partial charge is 0.491 e. The Bertz CT molecular complexity index is 3120. The second-order valence-electron chi connectivity index (χ2n) is 18.1. The summed E-state index contributed by atoms with van der Waals surface area (Å²) in [6.45, 7) is 1.33. The number of morpholine rings is 2. The third-order valence-corrected chi connectivity index (χ3v) is 14.0. The van der Waals surface area contributed by atoms with Gasteiger partial charge in [0.2, 0.25) is 11.8 Å². The second kappa shape index (κ2) is 21.4. The van der Waals surface area contributed by atoms with Gasteiger partial charge >= 0.3 is 12.1 Å². The van der Waals surface area contributed by atoms with Gasteiger partial charge in [0.25, 0.3) is 5.69 Å². The van der Waals surface area contributed by atoms with E-state index >= 15 is 14.4 Å². The summed E-state index contributed by atoms with van der Waals surface area (Å²) >= 11 is 0. The zero-order chi connectivity index (χ0) is 51.3. The number of nitro benzene ring substituents is 1. The SMILES string of the molecule is O=C1OC(c2ccccc2)C(c2ccccc2)N2C1C(C(=O)Nc1ccc(N3CCOCC3)cc1)C1(C(=O)N(C(=O)OCc3ccc([N+](=O)[O-])cc3)c3ccc(C#CCCO)cc31)C2c1ccccc1OCCO. The predicted molar refractivity (Wildman–Crippen MR) is 271 cm³/mol. The maximum atomic E-state index is 16.7. The Morgan fingerprint density at radius 3 is 2.19 bits per heavy atom. The van der Waals surface area contributed by atoms with Crippen molar-refractivity contribution in [1.82, 2.24) is 4.90 Å². The van der Waals surface area contributed by atoms with Crippen LogP contribution in [0.15, 0.2) is 152 Å². The number of non-ortho nitro benzene ring substituents is 1. The second-order valence-corrected chi connectivity index (χ2v) is 18.1. The molecule has 6 aromatic rings. The summed E-state index contributed by atoms with van der Waals surface area (Å²) in [7, 11) is 0. The van der Waals surface area contributed by atoms with Crippen molar-refractivity contribution < 1.29 is 53.3 Å². The number of nitrogens with zero attached hydrogens (tertiary/aromatic N) is 4. The van der Waals surface area contributed by atoms with Crippen molar-refractivity contribution in [3.8, 4) is 17.6 Å². The molecule has 4 aliphatic heterocycles. The number of benzene rings is 6. The van der Waals surface area contributed by atoms with E-state index in [0.29, 0.717) is 59.8 Å². The topological polar surface area (TPSA) is 211 Å². The number of imide groups is 1. The summed E-state index contributed by atoms with van der Waals surface area (Å²) in [6, 6.07) is 39.1. The number of cyclic esters (lactones) is 1. The van der Waals surface area contributed by atoms with Crippen molar-refractivity contribution in [3.05, 3.63) is 195 Å². The summed E-state index contributed by atoms with van der Waals surface area (Å²) in [4.78, 5) is 79.1. The first-order valence-corrected chi connectivity index (χ1v) is 24.3. The van der Waals surface area contributed by atoms with Gasteiger partial charge in [-0.05, 0) is 82.9 Å². The zero-order valence-corrected chi connectivity index (χ0v) is 40.0. The molecule has 0 bridgehead atoms. The molecular weight excluding hydrogens is 947 g/mol. The molecule has 6 atom stereocenters. The van der Waals surface area contributed by atoms with Crippen molar-refractivity contribution in [2.75, 3.05) is 61.2 Å². The quantitative estimate of drug-likeness (QED) is 0.0453. The number of amides is 3. The van der Waals surface area contributed by atoms with Crippen LogP contribution in [-0.4, -0.2) is 96.1 Å². The minimum atomic E-state index is -2.21. The number of carbonyl (C=O) groups excluding carboxylic acids is 4. The maximum absolute atomic E-state index is 16.7. The highest BCUT2D eigenvalue weighted by Crippen LogP contribution is 2.67. The lowest BCUT2D eigenvalue weighted by molar-refractivity contribution is -0.384. The van der Waals surface area contributed by atoms with Gasteiger partial charge in [-0.25, -0.2) is 9.69 Å². The highest BCUT2D eigenvalue weighted by Gasteiger charge is 2.76. The Balaban J connectivity index is 1.22. The molecule has 1 spiro atoms. The number of fused-ring (bicyclic) bond motifs is 3. The highest BCUT2D eigenvalue weighted by molar-refractivity contribution is 6.24. The lowest BCUT2D eigenvalue weighted by atomic mass is 9.65. The van der Waals surface area contributed by atoms with Gasteiger partial charge in [0, 0.05) is 54.1 Å². The van der Waals surface area contributed by atoms with Crippen LogP contribution in [0.25, 0.3) is 0 Å². The van der Waals surface area contributed by atoms with Crippen LogP contribution in [0, 0.1) is 27.9 Å². The molecule has 10 rings (SSSR count). The van der Waals surface area contributed by atoms with E-state index in [1.165, 1.54) is 24.3 Å². The minimum absolute atomic E-state index is 0.0481. The molecule has 3 saturated heterocycles. The van der Waals surface area contributed by atoms with E-state index in [-0.39, 0.29) is 48.9 Å². The molecule has 3 fully saturated rings. The van der Waals surface area contributed by atoms with Crippen molar-refractivity contribution in [2.24, 2.45) is 5.92 Å². The van der Waals surface area contributed by atoms with Crippen LogP contribution in [0.3, 0.4) is 0 Å². The van der Waals surface area contributed by atoms with E-state index in [0.717, 1.165) is 10.6 Å². The molecule has 3 amide bonds. The number of esters is 1. The zero-order valence-electron chi connectivity index (χ0n) is 40.0. The van der Waals surface area contributed by atoms with Crippen molar-refractivity contribution in [3.63, 3.8) is 0 Å². The van der Waals surface area contributed by atoms with Gasteiger partial charge in [-0.2, -0.15) is 0 Å². The molecule has 6 unspecified atom stereocenters.